The third-order valence-corrected chi connectivity index (χ3v) is 4.23. The van der Waals surface area contributed by atoms with Gasteiger partial charge in [-0.25, -0.2) is 17.2 Å². The number of hydrogen-bond acceptors (Lipinski definition) is 3. The summed E-state index contributed by atoms with van der Waals surface area (Å²) in [7, 11) is -4.13. The Hall–Kier alpha value is -1.99. The monoisotopic (exact) mass is 312 g/mol. The maximum absolute atomic E-state index is 13.8. The molecule has 21 heavy (non-hydrogen) atoms. The van der Waals surface area contributed by atoms with Gasteiger partial charge in [-0.1, -0.05) is 6.07 Å². The molecule has 0 heterocycles. The molecule has 3 N–H and O–H groups in total. The van der Waals surface area contributed by atoms with Gasteiger partial charge in [0.05, 0.1) is 5.69 Å². The Bertz CT molecular complexity index is 756. The Labute approximate surface area is 121 Å². The van der Waals surface area contributed by atoms with Crippen molar-refractivity contribution in [3.8, 4) is 0 Å². The van der Waals surface area contributed by atoms with Gasteiger partial charge in [0.25, 0.3) is 10.0 Å². The first-order chi connectivity index (χ1) is 9.81. The lowest BCUT2D eigenvalue weighted by Crippen LogP contribution is -2.15. The predicted octanol–water partition coefficient (Wildman–Crippen LogP) is 2.53. The van der Waals surface area contributed by atoms with Crippen molar-refractivity contribution < 1.29 is 17.2 Å². The van der Waals surface area contributed by atoms with Crippen molar-refractivity contribution >= 4 is 15.7 Å². The molecule has 0 fully saturated rings. The van der Waals surface area contributed by atoms with Crippen LogP contribution in [0, 0.1) is 18.6 Å². The van der Waals surface area contributed by atoms with Crippen LogP contribution in [0.5, 0.6) is 0 Å². The fraction of sp³-hybridized carbons (Fsp3) is 0.143. The fourth-order valence-corrected chi connectivity index (χ4v) is 3.00. The van der Waals surface area contributed by atoms with Gasteiger partial charge in [-0.15, -0.1) is 0 Å². The number of anilines is 1. The van der Waals surface area contributed by atoms with Crippen molar-refractivity contribution in [3.63, 3.8) is 0 Å². The summed E-state index contributed by atoms with van der Waals surface area (Å²) in [6, 6.07) is 7.35. The molecule has 4 nitrogen and oxygen atoms in total. The van der Waals surface area contributed by atoms with Gasteiger partial charge in [-0.3, -0.25) is 4.72 Å². The van der Waals surface area contributed by atoms with Crippen molar-refractivity contribution in [2.75, 3.05) is 4.72 Å². The molecule has 0 unspecified atom stereocenters. The first kappa shape index (κ1) is 15.4. The normalized spacial score (nSPS) is 11.4. The van der Waals surface area contributed by atoms with E-state index >= 15 is 0 Å². The maximum Gasteiger partial charge on any atom is 0.264 e. The zero-order valence-electron chi connectivity index (χ0n) is 11.2. The smallest absolute Gasteiger partial charge is 0.264 e. The number of hydrogen-bond donors (Lipinski definition) is 2. The molecular formula is C14H14F2N2O2S. The second kappa shape index (κ2) is 5.79. The van der Waals surface area contributed by atoms with Crippen LogP contribution in [0.15, 0.2) is 41.3 Å². The zero-order chi connectivity index (χ0) is 15.6. The lowest BCUT2D eigenvalue weighted by atomic mass is 10.2. The van der Waals surface area contributed by atoms with Gasteiger partial charge in [0.1, 0.15) is 16.5 Å². The Balaban J connectivity index is 2.38. The molecule has 112 valence electrons. The third-order valence-electron chi connectivity index (χ3n) is 2.82. The van der Waals surface area contributed by atoms with Crippen molar-refractivity contribution in [1.82, 2.24) is 0 Å². The molecule has 0 atom stereocenters. The average molecular weight is 312 g/mol. The second-order valence-corrected chi connectivity index (χ2v) is 6.24. The molecule has 0 aromatic heterocycles. The highest BCUT2D eigenvalue weighted by Crippen LogP contribution is 2.21. The van der Waals surface area contributed by atoms with Gasteiger partial charge in [0.15, 0.2) is 0 Å². The predicted molar refractivity (Wildman–Crippen MR) is 76.2 cm³/mol. The third kappa shape index (κ3) is 3.56. The van der Waals surface area contributed by atoms with Crippen LogP contribution in [0.3, 0.4) is 0 Å². The summed E-state index contributed by atoms with van der Waals surface area (Å²) in [5, 5.41) is 0. The van der Waals surface area contributed by atoms with E-state index in [4.69, 9.17) is 5.73 Å². The van der Waals surface area contributed by atoms with Crippen LogP contribution in [0.1, 0.15) is 11.1 Å². The SMILES string of the molecule is Cc1cc(F)cc(NS(=O)(=O)c2ccc(CN)cc2F)c1. The minimum absolute atomic E-state index is 0.0369. The molecule has 0 bridgehead atoms. The van der Waals surface area contributed by atoms with Crippen LogP contribution < -0.4 is 10.5 Å². The van der Waals surface area contributed by atoms with Crippen LogP contribution in [0.4, 0.5) is 14.5 Å². The van der Waals surface area contributed by atoms with Crippen LogP contribution in [-0.4, -0.2) is 8.42 Å². The summed E-state index contributed by atoms with van der Waals surface area (Å²) in [6.07, 6.45) is 0. The van der Waals surface area contributed by atoms with E-state index in [1.807, 2.05) is 0 Å². The highest BCUT2D eigenvalue weighted by molar-refractivity contribution is 7.92. The summed E-state index contributed by atoms with van der Waals surface area (Å²) in [4.78, 5) is -0.512. The van der Waals surface area contributed by atoms with Crippen LogP contribution in [-0.2, 0) is 16.6 Å². The summed E-state index contributed by atoms with van der Waals surface area (Å²) < 4.78 is 53.5. The number of rotatable bonds is 4. The quantitative estimate of drug-likeness (QED) is 0.911. The number of nitrogens with two attached hydrogens (primary N) is 1. The van der Waals surface area contributed by atoms with E-state index in [1.165, 1.54) is 18.2 Å². The van der Waals surface area contributed by atoms with E-state index in [0.717, 1.165) is 18.2 Å². The summed E-state index contributed by atoms with van der Waals surface area (Å²) in [5.41, 5.74) is 6.43. The molecule has 0 aliphatic carbocycles. The van der Waals surface area contributed by atoms with Crippen LogP contribution in [0.2, 0.25) is 0 Å². The zero-order valence-corrected chi connectivity index (χ0v) is 12.0. The Morgan fingerprint density at radius 2 is 1.86 bits per heavy atom. The molecule has 2 aromatic carbocycles. The number of aryl methyl sites for hydroxylation is 1. The summed E-state index contributed by atoms with van der Waals surface area (Å²) >= 11 is 0. The second-order valence-electron chi connectivity index (χ2n) is 4.59. The number of sulfonamides is 1. The summed E-state index contributed by atoms with van der Waals surface area (Å²) in [6.45, 7) is 1.73. The molecule has 0 saturated carbocycles. The fourth-order valence-electron chi connectivity index (χ4n) is 1.89. The molecule has 7 heteroatoms. The van der Waals surface area contributed by atoms with Crippen LogP contribution in [0.25, 0.3) is 0 Å². The van der Waals surface area contributed by atoms with Crippen molar-refractivity contribution in [1.29, 1.82) is 0 Å². The molecule has 0 aliphatic rings. The lowest BCUT2D eigenvalue weighted by molar-refractivity contribution is 0.569. The van der Waals surface area contributed by atoms with E-state index < -0.39 is 26.6 Å². The Kier molecular flexibility index (Phi) is 4.24. The first-order valence-corrected chi connectivity index (χ1v) is 7.58. The summed E-state index contributed by atoms with van der Waals surface area (Å²) in [5.74, 6) is -1.48. The van der Waals surface area contributed by atoms with Gasteiger partial charge in [-0.2, -0.15) is 0 Å². The van der Waals surface area contributed by atoms with Gasteiger partial charge < -0.3 is 5.73 Å². The minimum Gasteiger partial charge on any atom is -0.326 e. The van der Waals surface area contributed by atoms with Gasteiger partial charge in [-0.05, 0) is 48.4 Å². The topological polar surface area (TPSA) is 72.2 Å². The van der Waals surface area contributed by atoms with Gasteiger partial charge in [0.2, 0.25) is 0 Å². The lowest BCUT2D eigenvalue weighted by Gasteiger charge is -2.10. The molecular weight excluding hydrogens is 298 g/mol. The Morgan fingerprint density at radius 3 is 2.43 bits per heavy atom. The highest BCUT2D eigenvalue weighted by atomic mass is 32.2. The van der Waals surface area contributed by atoms with Gasteiger partial charge in [0, 0.05) is 6.54 Å². The van der Waals surface area contributed by atoms with Crippen LogP contribution >= 0.6 is 0 Å². The molecule has 0 aliphatic heterocycles. The minimum atomic E-state index is -4.13. The van der Waals surface area contributed by atoms with E-state index in [9.17, 15) is 17.2 Å². The largest absolute Gasteiger partial charge is 0.326 e. The molecule has 0 amide bonds. The number of nitrogens with one attached hydrogen (secondary N) is 1. The number of benzene rings is 2. The van der Waals surface area contributed by atoms with E-state index in [2.05, 4.69) is 4.72 Å². The molecule has 0 saturated heterocycles. The standard InChI is InChI=1S/C14H14F2N2O2S/c1-9-4-11(15)7-12(5-9)18-21(19,20)14-3-2-10(8-17)6-13(14)16/h2-7,18H,8,17H2,1H3. The van der Waals surface area contributed by atoms with E-state index in [1.54, 1.807) is 6.92 Å². The first-order valence-electron chi connectivity index (χ1n) is 6.10. The number of halogens is 2. The molecule has 2 aromatic rings. The Morgan fingerprint density at radius 1 is 1.14 bits per heavy atom. The highest BCUT2D eigenvalue weighted by Gasteiger charge is 2.19. The molecule has 2 rings (SSSR count). The average Bonchev–Trinajstić information content (AvgIpc) is 2.36. The molecule has 0 radical (unpaired) electrons. The van der Waals surface area contributed by atoms with E-state index in [0.29, 0.717) is 11.1 Å². The van der Waals surface area contributed by atoms with Gasteiger partial charge >= 0.3 is 0 Å². The van der Waals surface area contributed by atoms with Crippen molar-refractivity contribution in [3.05, 3.63) is 59.2 Å². The van der Waals surface area contributed by atoms with Crippen molar-refractivity contribution in [2.24, 2.45) is 5.73 Å². The van der Waals surface area contributed by atoms with Crippen molar-refractivity contribution in [2.45, 2.75) is 18.4 Å². The van der Waals surface area contributed by atoms with E-state index in [-0.39, 0.29) is 12.2 Å². The molecule has 0 spiro atoms. The maximum atomic E-state index is 13.8.